The zero-order valence-corrected chi connectivity index (χ0v) is 9.17. The molecule has 0 radical (unpaired) electrons. The first-order valence-corrected chi connectivity index (χ1v) is 4.98. The predicted octanol–water partition coefficient (Wildman–Crippen LogP) is 3.25. The summed E-state index contributed by atoms with van der Waals surface area (Å²) in [6, 6.07) is 7.93. The molecule has 0 aliphatic carbocycles. The van der Waals surface area contributed by atoms with Gasteiger partial charge in [-0.2, -0.15) is 0 Å². The van der Waals surface area contributed by atoms with Gasteiger partial charge in [0.05, 0.1) is 17.8 Å². The number of rotatable bonds is 4. The van der Waals surface area contributed by atoms with E-state index in [0.717, 1.165) is 11.3 Å². The van der Waals surface area contributed by atoms with E-state index in [-0.39, 0.29) is 6.04 Å². The van der Waals surface area contributed by atoms with Gasteiger partial charge >= 0.3 is 0 Å². The number of hydrogen-bond donors (Lipinski definition) is 0. The molecule has 1 atom stereocenters. The molecular formula is C11H13NOS. The van der Waals surface area contributed by atoms with Crippen LogP contribution in [0.2, 0.25) is 0 Å². The van der Waals surface area contributed by atoms with E-state index in [2.05, 4.69) is 22.4 Å². The summed E-state index contributed by atoms with van der Waals surface area (Å²) in [5, 5.41) is 2.38. The van der Waals surface area contributed by atoms with Gasteiger partial charge in [-0.3, -0.25) is 0 Å². The van der Waals surface area contributed by atoms with Crippen LogP contribution in [-0.4, -0.2) is 11.8 Å². The third-order valence-electron chi connectivity index (χ3n) is 1.92. The SMILES string of the molecule is CCOc1ccc([C@@H](C)N=C=S)cc1. The Morgan fingerprint density at radius 3 is 2.57 bits per heavy atom. The summed E-state index contributed by atoms with van der Waals surface area (Å²) < 4.78 is 5.33. The fourth-order valence-corrected chi connectivity index (χ4v) is 1.32. The molecular weight excluding hydrogens is 194 g/mol. The lowest BCUT2D eigenvalue weighted by atomic mass is 10.1. The fourth-order valence-electron chi connectivity index (χ4n) is 1.16. The van der Waals surface area contributed by atoms with Crippen LogP contribution in [0.3, 0.4) is 0 Å². The van der Waals surface area contributed by atoms with Crippen LogP contribution in [0, 0.1) is 0 Å². The van der Waals surface area contributed by atoms with Crippen molar-refractivity contribution in [2.45, 2.75) is 19.9 Å². The molecule has 0 unspecified atom stereocenters. The van der Waals surface area contributed by atoms with E-state index >= 15 is 0 Å². The molecule has 14 heavy (non-hydrogen) atoms. The number of aliphatic imine (C=N–C) groups is 1. The number of ether oxygens (including phenoxy) is 1. The first kappa shape index (κ1) is 10.9. The maximum Gasteiger partial charge on any atom is 0.119 e. The third kappa shape index (κ3) is 2.95. The van der Waals surface area contributed by atoms with Crippen molar-refractivity contribution >= 4 is 17.4 Å². The zero-order valence-electron chi connectivity index (χ0n) is 8.36. The van der Waals surface area contributed by atoms with Crippen molar-refractivity contribution in [3.8, 4) is 5.75 Å². The van der Waals surface area contributed by atoms with Crippen LogP contribution in [0.25, 0.3) is 0 Å². The molecule has 2 nitrogen and oxygen atoms in total. The summed E-state index contributed by atoms with van der Waals surface area (Å²) in [6.45, 7) is 4.63. The molecule has 0 aliphatic heterocycles. The highest BCUT2D eigenvalue weighted by atomic mass is 32.1. The molecule has 0 aromatic heterocycles. The summed E-state index contributed by atoms with van der Waals surface area (Å²) >= 11 is 4.55. The van der Waals surface area contributed by atoms with E-state index in [4.69, 9.17) is 4.74 Å². The summed E-state index contributed by atoms with van der Waals surface area (Å²) in [4.78, 5) is 3.99. The first-order valence-electron chi connectivity index (χ1n) is 4.57. The summed E-state index contributed by atoms with van der Waals surface area (Å²) in [6.07, 6.45) is 0. The molecule has 1 aromatic carbocycles. The largest absolute Gasteiger partial charge is 0.494 e. The van der Waals surface area contributed by atoms with Crippen molar-refractivity contribution in [1.29, 1.82) is 0 Å². The number of thiocarbonyl (C=S) groups is 1. The Labute approximate surface area is 89.6 Å². The van der Waals surface area contributed by atoms with Gasteiger partial charge in [0.1, 0.15) is 5.75 Å². The van der Waals surface area contributed by atoms with Gasteiger partial charge in [0, 0.05) is 0 Å². The maximum absolute atomic E-state index is 5.33. The number of benzene rings is 1. The minimum atomic E-state index is 0.0724. The lowest BCUT2D eigenvalue weighted by Gasteiger charge is -2.06. The van der Waals surface area contributed by atoms with Crippen molar-refractivity contribution in [3.63, 3.8) is 0 Å². The zero-order chi connectivity index (χ0) is 10.4. The van der Waals surface area contributed by atoms with Gasteiger partial charge in [0.25, 0.3) is 0 Å². The molecule has 0 fully saturated rings. The Balaban J connectivity index is 2.77. The second-order valence-corrected chi connectivity index (χ2v) is 3.08. The van der Waals surface area contributed by atoms with Gasteiger partial charge in [-0.05, 0) is 43.8 Å². The Kier molecular flexibility index (Phi) is 4.30. The number of isothiocyanates is 1. The smallest absolute Gasteiger partial charge is 0.119 e. The molecule has 0 N–H and O–H groups in total. The van der Waals surface area contributed by atoms with E-state index in [9.17, 15) is 0 Å². The van der Waals surface area contributed by atoms with Gasteiger partial charge in [0.15, 0.2) is 0 Å². The second-order valence-electron chi connectivity index (χ2n) is 2.90. The molecule has 0 aliphatic rings. The van der Waals surface area contributed by atoms with Gasteiger partial charge in [-0.1, -0.05) is 12.1 Å². The highest BCUT2D eigenvalue weighted by Crippen LogP contribution is 2.19. The molecule has 0 saturated heterocycles. The Hall–Kier alpha value is -1.18. The average Bonchev–Trinajstić information content (AvgIpc) is 2.20. The molecule has 1 aromatic rings. The fraction of sp³-hybridized carbons (Fsp3) is 0.364. The van der Waals surface area contributed by atoms with E-state index in [0.29, 0.717) is 6.61 Å². The van der Waals surface area contributed by atoms with Crippen molar-refractivity contribution in [1.82, 2.24) is 0 Å². The second kappa shape index (κ2) is 5.53. The minimum absolute atomic E-state index is 0.0724. The van der Waals surface area contributed by atoms with Crippen LogP contribution < -0.4 is 4.74 Å². The lowest BCUT2D eigenvalue weighted by Crippen LogP contribution is -1.93. The van der Waals surface area contributed by atoms with Gasteiger partial charge in [-0.25, -0.2) is 4.99 Å². The number of hydrogen-bond acceptors (Lipinski definition) is 3. The third-order valence-corrected chi connectivity index (χ3v) is 2.03. The maximum atomic E-state index is 5.33. The monoisotopic (exact) mass is 207 g/mol. The molecule has 0 spiro atoms. The van der Waals surface area contributed by atoms with Gasteiger partial charge in [0.2, 0.25) is 0 Å². The molecule has 0 saturated carbocycles. The highest BCUT2D eigenvalue weighted by molar-refractivity contribution is 7.78. The van der Waals surface area contributed by atoms with Crippen molar-refractivity contribution in [2.75, 3.05) is 6.61 Å². The van der Waals surface area contributed by atoms with Gasteiger partial charge in [-0.15, -0.1) is 0 Å². The molecule has 3 heteroatoms. The normalized spacial score (nSPS) is 11.6. The van der Waals surface area contributed by atoms with E-state index in [1.54, 1.807) is 0 Å². The highest BCUT2D eigenvalue weighted by Gasteiger charge is 2.01. The van der Waals surface area contributed by atoms with E-state index < -0.39 is 0 Å². The van der Waals surface area contributed by atoms with Crippen LogP contribution in [0.15, 0.2) is 29.3 Å². The van der Waals surface area contributed by atoms with Crippen molar-refractivity contribution < 1.29 is 4.74 Å². The molecule has 0 heterocycles. The topological polar surface area (TPSA) is 21.6 Å². The van der Waals surface area contributed by atoms with Crippen LogP contribution in [0.4, 0.5) is 0 Å². The molecule has 0 amide bonds. The standard InChI is InChI=1S/C11H13NOS/c1-3-13-11-6-4-10(5-7-11)9(2)12-8-14/h4-7,9H,3H2,1-2H3/t9-/m1/s1. The molecule has 74 valence electrons. The number of nitrogens with zero attached hydrogens (tertiary/aromatic N) is 1. The summed E-state index contributed by atoms with van der Waals surface area (Å²) in [7, 11) is 0. The quantitative estimate of drug-likeness (QED) is 0.558. The van der Waals surface area contributed by atoms with Crippen LogP contribution >= 0.6 is 12.2 Å². The molecule has 0 bridgehead atoms. The molecule has 1 rings (SSSR count). The average molecular weight is 207 g/mol. The van der Waals surface area contributed by atoms with Gasteiger partial charge < -0.3 is 4.74 Å². The van der Waals surface area contributed by atoms with E-state index in [1.807, 2.05) is 38.1 Å². The Morgan fingerprint density at radius 2 is 2.07 bits per heavy atom. The summed E-state index contributed by atoms with van der Waals surface area (Å²) in [5.74, 6) is 0.884. The van der Waals surface area contributed by atoms with Crippen LogP contribution in [0.1, 0.15) is 25.5 Å². The Bertz CT molecular complexity index is 328. The van der Waals surface area contributed by atoms with E-state index in [1.165, 1.54) is 0 Å². The lowest BCUT2D eigenvalue weighted by molar-refractivity contribution is 0.340. The van der Waals surface area contributed by atoms with Crippen LogP contribution in [-0.2, 0) is 0 Å². The Morgan fingerprint density at radius 1 is 1.43 bits per heavy atom. The van der Waals surface area contributed by atoms with Crippen LogP contribution in [0.5, 0.6) is 5.75 Å². The van der Waals surface area contributed by atoms with Crippen molar-refractivity contribution in [3.05, 3.63) is 29.8 Å². The minimum Gasteiger partial charge on any atom is -0.494 e. The van der Waals surface area contributed by atoms with Crippen molar-refractivity contribution in [2.24, 2.45) is 4.99 Å². The summed E-state index contributed by atoms with van der Waals surface area (Å²) in [5.41, 5.74) is 1.12. The first-order chi connectivity index (χ1) is 6.77. The predicted molar refractivity (Wildman–Crippen MR) is 61.1 cm³/mol.